The van der Waals surface area contributed by atoms with Crippen LogP contribution in [0.1, 0.15) is 71.6 Å². The molecule has 4 aliphatic carbocycles. The first kappa shape index (κ1) is 12.5. The summed E-state index contributed by atoms with van der Waals surface area (Å²) in [7, 11) is 0. The summed E-state index contributed by atoms with van der Waals surface area (Å²) in [6.45, 7) is 5.25. The third kappa shape index (κ3) is 1.39. The van der Waals surface area contributed by atoms with Gasteiger partial charge in [0.05, 0.1) is 12.2 Å². The van der Waals surface area contributed by atoms with Gasteiger partial charge in [-0.2, -0.15) is 0 Å². The lowest BCUT2D eigenvalue weighted by atomic mass is 9.45. The molecule has 0 bridgehead atoms. The van der Waals surface area contributed by atoms with Crippen molar-refractivity contribution in [2.24, 2.45) is 34.5 Å². The van der Waals surface area contributed by atoms with E-state index < -0.39 is 0 Å². The smallest absolute Gasteiger partial charge is 0.0898 e. The summed E-state index contributed by atoms with van der Waals surface area (Å²) in [6.07, 6.45) is 14.9. The molecule has 112 valence electrons. The Morgan fingerprint density at radius 3 is 2.65 bits per heavy atom. The zero-order chi connectivity index (χ0) is 13.5. The van der Waals surface area contributed by atoms with Gasteiger partial charge in [0.15, 0.2) is 0 Å². The van der Waals surface area contributed by atoms with E-state index in [0.717, 1.165) is 23.7 Å². The van der Waals surface area contributed by atoms with Crippen LogP contribution in [-0.2, 0) is 4.74 Å². The van der Waals surface area contributed by atoms with Crippen molar-refractivity contribution in [3.63, 3.8) is 0 Å². The molecule has 1 heterocycles. The van der Waals surface area contributed by atoms with E-state index in [4.69, 9.17) is 4.74 Å². The lowest BCUT2D eigenvalue weighted by Crippen LogP contribution is -2.53. The number of fused-ring (bicyclic) bond motifs is 7. The molecule has 1 nitrogen and oxygen atoms in total. The van der Waals surface area contributed by atoms with Crippen LogP contribution < -0.4 is 0 Å². The largest absolute Gasteiger partial charge is 0.369 e. The minimum absolute atomic E-state index is 0.559. The minimum atomic E-state index is 0.559. The van der Waals surface area contributed by atoms with Gasteiger partial charge in [-0.1, -0.05) is 26.7 Å². The van der Waals surface area contributed by atoms with Crippen molar-refractivity contribution in [2.45, 2.75) is 83.8 Å². The first-order valence-electron chi connectivity index (χ1n) is 9.28. The van der Waals surface area contributed by atoms with Gasteiger partial charge in [0.2, 0.25) is 0 Å². The van der Waals surface area contributed by atoms with Crippen molar-refractivity contribution < 1.29 is 4.74 Å². The maximum Gasteiger partial charge on any atom is 0.0898 e. The average molecular weight is 274 g/mol. The lowest BCUT2D eigenvalue weighted by Gasteiger charge is -2.60. The van der Waals surface area contributed by atoms with Crippen LogP contribution in [0, 0.1) is 34.5 Å². The van der Waals surface area contributed by atoms with Crippen molar-refractivity contribution in [3.8, 4) is 0 Å². The van der Waals surface area contributed by atoms with Crippen LogP contribution in [0.2, 0.25) is 0 Å². The van der Waals surface area contributed by atoms with Crippen LogP contribution in [-0.4, -0.2) is 12.2 Å². The summed E-state index contributed by atoms with van der Waals surface area (Å²) in [5.41, 5.74) is 1.26. The van der Waals surface area contributed by atoms with E-state index in [1.807, 2.05) is 0 Å². The summed E-state index contributed by atoms with van der Waals surface area (Å²) < 4.78 is 5.94. The van der Waals surface area contributed by atoms with Crippen molar-refractivity contribution >= 4 is 0 Å². The normalized spacial score (nSPS) is 63.9. The molecule has 1 saturated heterocycles. The van der Waals surface area contributed by atoms with E-state index in [2.05, 4.69) is 13.8 Å². The minimum Gasteiger partial charge on any atom is -0.369 e. The van der Waals surface area contributed by atoms with E-state index in [1.165, 1.54) is 44.9 Å². The Balaban J connectivity index is 1.48. The molecule has 0 aromatic heterocycles. The van der Waals surface area contributed by atoms with Gasteiger partial charge in [0.1, 0.15) is 0 Å². The number of epoxide rings is 1. The maximum absolute atomic E-state index is 5.94. The lowest BCUT2D eigenvalue weighted by molar-refractivity contribution is -0.117. The van der Waals surface area contributed by atoms with Crippen LogP contribution in [0.3, 0.4) is 0 Å². The Morgan fingerprint density at radius 1 is 0.850 bits per heavy atom. The monoisotopic (exact) mass is 274 g/mol. The van der Waals surface area contributed by atoms with Crippen molar-refractivity contribution in [1.29, 1.82) is 0 Å². The fraction of sp³-hybridized carbons (Fsp3) is 1.00. The standard InChI is InChI=1S/C19H30O/c1-18-9-4-3-5-12(18)6-7-13-14(18)8-10-19(2)15(13)11-16-17(19)20-16/h12-17H,3-11H2,1-2H3/t12-,13+,14-,15-,16-,17-,18-,19+/m1/s1. The quantitative estimate of drug-likeness (QED) is 0.578. The first-order valence-corrected chi connectivity index (χ1v) is 9.28. The number of rotatable bonds is 0. The molecule has 4 saturated carbocycles. The van der Waals surface area contributed by atoms with Crippen LogP contribution in [0.4, 0.5) is 0 Å². The molecule has 1 aliphatic heterocycles. The third-order valence-electron chi connectivity index (χ3n) is 8.74. The summed E-state index contributed by atoms with van der Waals surface area (Å²) in [5, 5.41) is 0. The molecule has 5 aliphatic rings. The van der Waals surface area contributed by atoms with E-state index >= 15 is 0 Å². The van der Waals surface area contributed by atoms with E-state index in [-0.39, 0.29) is 0 Å². The predicted octanol–water partition coefficient (Wildman–Crippen LogP) is 4.80. The van der Waals surface area contributed by atoms with Gasteiger partial charge in [-0.05, 0) is 79.4 Å². The molecule has 5 fully saturated rings. The van der Waals surface area contributed by atoms with E-state index in [1.54, 1.807) is 12.8 Å². The predicted molar refractivity (Wildman–Crippen MR) is 80.4 cm³/mol. The zero-order valence-corrected chi connectivity index (χ0v) is 13.2. The number of ether oxygens (including phenoxy) is 1. The third-order valence-corrected chi connectivity index (χ3v) is 8.74. The van der Waals surface area contributed by atoms with Gasteiger partial charge in [-0.3, -0.25) is 0 Å². The molecule has 1 heteroatoms. The highest BCUT2D eigenvalue weighted by Gasteiger charge is 2.67. The van der Waals surface area contributed by atoms with E-state index in [0.29, 0.717) is 23.0 Å². The summed E-state index contributed by atoms with van der Waals surface area (Å²) in [5.74, 6) is 4.17. The summed E-state index contributed by atoms with van der Waals surface area (Å²) >= 11 is 0. The molecule has 0 aromatic rings. The van der Waals surface area contributed by atoms with Gasteiger partial charge in [-0.25, -0.2) is 0 Å². The van der Waals surface area contributed by atoms with Gasteiger partial charge >= 0.3 is 0 Å². The van der Waals surface area contributed by atoms with Gasteiger partial charge in [-0.15, -0.1) is 0 Å². The molecule has 0 amide bonds. The Hall–Kier alpha value is -0.0400. The molecule has 0 aromatic carbocycles. The Labute approximate surface area is 123 Å². The number of hydrogen-bond acceptors (Lipinski definition) is 1. The van der Waals surface area contributed by atoms with Gasteiger partial charge in [0, 0.05) is 0 Å². The molecule has 5 rings (SSSR count). The van der Waals surface area contributed by atoms with Crippen molar-refractivity contribution in [1.82, 2.24) is 0 Å². The molecule has 0 spiro atoms. The molecule has 0 radical (unpaired) electrons. The highest BCUT2D eigenvalue weighted by Crippen LogP contribution is 2.69. The fourth-order valence-corrected chi connectivity index (χ4v) is 7.59. The van der Waals surface area contributed by atoms with Crippen LogP contribution in [0.5, 0.6) is 0 Å². The van der Waals surface area contributed by atoms with Gasteiger partial charge < -0.3 is 4.74 Å². The molecule has 20 heavy (non-hydrogen) atoms. The second-order valence-electron chi connectivity index (χ2n) is 9.28. The summed E-state index contributed by atoms with van der Waals surface area (Å²) in [4.78, 5) is 0. The molecule has 0 N–H and O–H groups in total. The Bertz CT molecular complexity index is 431. The molecular weight excluding hydrogens is 244 g/mol. The van der Waals surface area contributed by atoms with Gasteiger partial charge in [0.25, 0.3) is 0 Å². The highest BCUT2D eigenvalue weighted by molar-refractivity contribution is 5.16. The average Bonchev–Trinajstić information content (AvgIpc) is 3.16. The zero-order valence-electron chi connectivity index (χ0n) is 13.2. The first-order chi connectivity index (χ1) is 9.63. The SMILES string of the molecule is C[C@]12CC[C@@H]3[C@H](CC[C@H]4CCCC[C@]43C)[C@H]1C[C@H]1O[C@H]12. The van der Waals surface area contributed by atoms with Crippen molar-refractivity contribution in [2.75, 3.05) is 0 Å². The molecule has 8 atom stereocenters. The van der Waals surface area contributed by atoms with E-state index in [9.17, 15) is 0 Å². The van der Waals surface area contributed by atoms with Crippen LogP contribution >= 0.6 is 0 Å². The second kappa shape index (κ2) is 3.83. The second-order valence-corrected chi connectivity index (χ2v) is 9.28. The highest BCUT2D eigenvalue weighted by atomic mass is 16.6. The number of hydrogen-bond donors (Lipinski definition) is 0. The summed E-state index contributed by atoms with van der Waals surface area (Å²) in [6, 6.07) is 0. The van der Waals surface area contributed by atoms with Crippen LogP contribution in [0.15, 0.2) is 0 Å². The Morgan fingerprint density at radius 2 is 1.75 bits per heavy atom. The molecular formula is C19H30O. The Kier molecular flexibility index (Phi) is 2.39. The van der Waals surface area contributed by atoms with Crippen LogP contribution in [0.25, 0.3) is 0 Å². The van der Waals surface area contributed by atoms with Crippen molar-refractivity contribution in [3.05, 3.63) is 0 Å². The maximum atomic E-state index is 5.94. The topological polar surface area (TPSA) is 12.5 Å². The fourth-order valence-electron chi connectivity index (χ4n) is 7.59. The molecule has 0 unspecified atom stereocenters.